The molecule has 0 radical (unpaired) electrons. The van der Waals surface area contributed by atoms with Crippen LogP contribution in [0.4, 0.5) is 13.2 Å². The summed E-state index contributed by atoms with van der Waals surface area (Å²) in [5.74, 6) is -0.412. The average Bonchev–Trinajstić information content (AvgIpc) is 2.17. The largest absolute Gasteiger partial charge is 0.463 e. The molecule has 80 valence electrons. The molecule has 0 aromatic carbocycles. The van der Waals surface area contributed by atoms with Crippen LogP contribution >= 0.6 is 0 Å². The van der Waals surface area contributed by atoms with E-state index in [0.717, 1.165) is 13.1 Å². The normalized spacial score (nSPS) is 13.0. The van der Waals surface area contributed by atoms with Gasteiger partial charge in [0.2, 0.25) is 5.69 Å². The highest BCUT2D eigenvalue weighted by Gasteiger charge is 2.38. The van der Waals surface area contributed by atoms with E-state index in [2.05, 4.69) is 14.7 Å². The molecule has 0 N–H and O–H groups in total. The number of halogens is 3. The first-order valence-corrected chi connectivity index (χ1v) is 3.89. The summed E-state index contributed by atoms with van der Waals surface area (Å²) in [6.45, 7) is 0.829. The molecule has 0 aliphatic rings. The molecule has 1 rings (SSSR count). The Morgan fingerprint density at radius 1 is 1.40 bits per heavy atom. The summed E-state index contributed by atoms with van der Waals surface area (Å²) in [5.41, 5.74) is -0.270. The summed E-state index contributed by atoms with van der Waals surface area (Å²) in [7, 11) is 0. The highest BCUT2D eigenvalue weighted by molar-refractivity contribution is 5.30. The lowest BCUT2D eigenvalue weighted by Gasteiger charge is -2.16. The van der Waals surface area contributed by atoms with Gasteiger partial charge in [-0.3, -0.25) is 0 Å². The van der Waals surface area contributed by atoms with Crippen LogP contribution in [0.5, 0.6) is 5.88 Å². The van der Waals surface area contributed by atoms with E-state index in [1.54, 1.807) is 6.07 Å². The third-order valence-electron chi connectivity index (χ3n) is 1.52. The molecule has 1 atom stereocenters. The van der Waals surface area contributed by atoms with Gasteiger partial charge in [0.1, 0.15) is 6.07 Å². The van der Waals surface area contributed by atoms with Crippen LogP contribution < -0.4 is 4.74 Å². The maximum atomic E-state index is 12.1. The molecule has 0 bridgehead atoms. The minimum atomic E-state index is -4.50. The van der Waals surface area contributed by atoms with E-state index in [0.29, 0.717) is 0 Å². The summed E-state index contributed by atoms with van der Waals surface area (Å²) in [4.78, 5) is 7.01. The van der Waals surface area contributed by atoms with E-state index in [9.17, 15) is 13.2 Å². The van der Waals surface area contributed by atoms with Crippen LogP contribution in [0.2, 0.25) is 0 Å². The van der Waals surface area contributed by atoms with E-state index < -0.39 is 18.2 Å². The van der Waals surface area contributed by atoms with Crippen molar-refractivity contribution in [1.82, 2.24) is 9.97 Å². The molecule has 0 saturated heterocycles. The van der Waals surface area contributed by atoms with Crippen LogP contribution in [0.25, 0.3) is 0 Å². The van der Waals surface area contributed by atoms with E-state index in [1.807, 2.05) is 0 Å². The molecule has 0 aliphatic heterocycles. The third-order valence-corrected chi connectivity index (χ3v) is 1.52. The van der Waals surface area contributed by atoms with Gasteiger partial charge >= 0.3 is 6.18 Å². The smallest absolute Gasteiger partial charge is 0.425 e. The first kappa shape index (κ1) is 11.2. The molecule has 1 aromatic heterocycles. The lowest BCUT2D eigenvalue weighted by Crippen LogP contribution is -2.31. The molecular weight excluding hydrogens is 211 g/mol. The maximum Gasteiger partial charge on any atom is 0.425 e. The lowest BCUT2D eigenvalue weighted by molar-refractivity contribution is -0.190. The van der Waals surface area contributed by atoms with Crippen LogP contribution in [-0.2, 0) is 0 Å². The number of rotatable bonds is 2. The van der Waals surface area contributed by atoms with Gasteiger partial charge < -0.3 is 4.74 Å². The SMILES string of the molecule is CC(Oc1nccnc1C#N)C(F)(F)F. The third kappa shape index (κ3) is 2.80. The second-order valence-corrected chi connectivity index (χ2v) is 2.62. The Labute approximate surface area is 83.3 Å². The Hall–Kier alpha value is -1.84. The van der Waals surface area contributed by atoms with Crippen molar-refractivity contribution in [3.05, 3.63) is 18.1 Å². The predicted octanol–water partition coefficient (Wildman–Crippen LogP) is 1.68. The zero-order valence-electron chi connectivity index (χ0n) is 7.62. The van der Waals surface area contributed by atoms with Crippen molar-refractivity contribution in [2.24, 2.45) is 0 Å². The minimum absolute atomic E-state index is 0.270. The molecular formula is C8H6F3N3O. The molecule has 0 fully saturated rings. The van der Waals surface area contributed by atoms with Gasteiger partial charge in [-0.1, -0.05) is 0 Å². The molecule has 0 amide bonds. The molecule has 0 aliphatic carbocycles. The van der Waals surface area contributed by atoms with Crippen molar-refractivity contribution in [3.8, 4) is 11.9 Å². The zero-order valence-corrected chi connectivity index (χ0v) is 7.62. The topological polar surface area (TPSA) is 58.8 Å². The van der Waals surface area contributed by atoms with Gasteiger partial charge in [0, 0.05) is 12.4 Å². The standard InChI is InChI=1S/C8H6F3N3O/c1-5(8(9,10)11)15-7-6(4-12)13-2-3-14-7/h2-3,5H,1H3. The first-order chi connectivity index (χ1) is 6.95. The van der Waals surface area contributed by atoms with Gasteiger partial charge in [0.25, 0.3) is 5.88 Å². The highest BCUT2D eigenvalue weighted by atomic mass is 19.4. The van der Waals surface area contributed by atoms with Crippen molar-refractivity contribution in [2.75, 3.05) is 0 Å². The van der Waals surface area contributed by atoms with Gasteiger partial charge in [-0.15, -0.1) is 0 Å². The Balaban J connectivity index is 2.86. The fraction of sp³-hybridized carbons (Fsp3) is 0.375. The van der Waals surface area contributed by atoms with E-state index in [4.69, 9.17) is 5.26 Å². The van der Waals surface area contributed by atoms with Crippen LogP contribution in [0.1, 0.15) is 12.6 Å². The summed E-state index contributed by atoms with van der Waals surface area (Å²) in [6, 6.07) is 1.59. The molecule has 1 unspecified atom stereocenters. The van der Waals surface area contributed by atoms with Crippen molar-refractivity contribution < 1.29 is 17.9 Å². The van der Waals surface area contributed by atoms with Gasteiger partial charge in [0.05, 0.1) is 0 Å². The molecule has 0 saturated carbocycles. The number of ether oxygens (including phenoxy) is 1. The van der Waals surface area contributed by atoms with Crippen molar-refractivity contribution >= 4 is 0 Å². The molecule has 4 nitrogen and oxygen atoms in total. The van der Waals surface area contributed by atoms with Crippen LogP contribution in [0, 0.1) is 11.3 Å². The van der Waals surface area contributed by atoms with Gasteiger partial charge in [0.15, 0.2) is 6.10 Å². The van der Waals surface area contributed by atoms with Crippen molar-refractivity contribution in [1.29, 1.82) is 5.26 Å². The molecule has 0 spiro atoms. The molecule has 1 aromatic rings. The fourth-order valence-electron chi connectivity index (χ4n) is 0.722. The highest BCUT2D eigenvalue weighted by Crippen LogP contribution is 2.24. The predicted molar refractivity (Wildman–Crippen MR) is 42.9 cm³/mol. The number of aromatic nitrogens is 2. The van der Waals surface area contributed by atoms with Crippen LogP contribution in [0.15, 0.2) is 12.4 Å². The second kappa shape index (κ2) is 4.13. The van der Waals surface area contributed by atoms with Gasteiger partial charge in [-0.2, -0.15) is 18.4 Å². The fourth-order valence-corrected chi connectivity index (χ4v) is 0.722. The Morgan fingerprint density at radius 2 is 2.00 bits per heavy atom. The monoisotopic (exact) mass is 217 g/mol. The molecule has 1 heterocycles. The number of hydrogen-bond acceptors (Lipinski definition) is 4. The Kier molecular flexibility index (Phi) is 3.09. The summed E-state index contributed by atoms with van der Waals surface area (Å²) in [6.07, 6.45) is -4.17. The van der Waals surface area contributed by atoms with Gasteiger partial charge in [-0.25, -0.2) is 9.97 Å². The number of alkyl halides is 3. The summed E-state index contributed by atoms with van der Waals surface area (Å²) < 4.78 is 40.8. The van der Waals surface area contributed by atoms with Crippen molar-refractivity contribution in [2.45, 2.75) is 19.2 Å². The summed E-state index contributed by atoms with van der Waals surface area (Å²) >= 11 is 0. The van der Waals surface area contributed by atoms with Gasteiger partial charge in [-0.05, 0) is 6.92 Å². The van der Waals surface area contributed by atoms with E-state index in [-0.39, 0.29) is 5.69 Å². The number of hydrogen-bond donors (Lipinski definition) is 0. The first-order valence-electron chi connectivity index (χ1n) is 3.89. The van der Waals surface area contributed by atoms with E-state index >= 15 is 0 Å². The second-order valence-electron chi connectivity index (χ2n) is 2.62. The average molecular weight is 217 g/mol. The van der Waals surface area contributed by atoms with E-state index in [1.165, 1.54) is 6.20 Å². The minimum Gasteiger partial charge on any atom is -0.463 e. The maximum absolute atomic E-state index is 12.1. The van der Waals surface area contributed by atoms with Crippen molar-refractivity contribution in [3.63, 3.8) is 0 Å². The zero-order chi connectivity index (χ0) is 11.5. The summed E-state index contributed by atoms with van der Waals surface area (Å²) in [5, 5.41) is 8.52. The number of nitrogens with zero attached hydrogens (tertiary/aromatic N) is 3. The quantitative estimate of drug-likeness (QED) is 0.756. The molecule has 15 heavy (non-hydrogen) atoms. The Bertz CT molecular complexity index is 385. The number of nitriles is 1. The Morgan fingerprint density at radius 3 is 2.53 bits per heavy atom. The van der Waals surface area contributed by atoms with Crippen LogP contribution in [0.3, 0.4) is 0 Å². The van der Waals surface area contributed by atoms with Crippen LogP contribution in [-0.4, -0.2) is 22.2 Å². The lowest BCUT2D eigenvalue weighted by atomic mass is 10.4. The molecule has 7 heteroatoms.